The number of non-ortho nitro benzene ring substituents is 1. The van der Waals surface area contributed by atoms with Crippen molar-refractivity contribution in [3.63, 3.8) is 0 Å². The summed E-state index contributed by atoms with van der Waals surface area (Å²) in [7, 11) is 0. The van der Waals surface area contributed by atoms with E-state index < -0.39 is 4.92 Å². The van der Waals surface area contributed by atoms with Gasteiger partial charge in [-0.25, -0.2) is 0 Å². The Hall–Kier alpha value is -2.43. The van der Waals surface area contributed by atoms with Crippen molar-refractivity contribution < 1.29 is 9.66 Å². The van der Waals surface area contributed by atoms with Gasteiger partial charge in [-0.05, 0) is 25.1 Å². The highest BCUT2D eigenvalue weighted by Gasteiger charge is 2.13. The Morgan fingerprint density at radius 2 is 2.17 bits per heavy atom. The number of nitro groups is 1. The molecule has 1 heterocycles. The molecule has 18 heavy (non-hydrogen) atoms. The van der Waals surface area contributed by atoms with Crippen LogP contribution < -0.4 is 4.74 Å². The van der Waals surface area contributed by atoms with Gasteiger partial charge >= 0.3 is 0 Å². The van der Waals surface area contributed by atoms with Gasteiger partial charge in [0.2, 0.25) is 0 Å². The molecule has 5 nitrogen and oxygen atoms in total. The summed E-state index contributed by atoms with van der Waals surface area (Å²) >= 11 is 0. The molecule has 1 aromatic heterocycles. The number of nitrogens with zero attached hydrogens (tertiary/aromatic N) is 2. The summed E-state index contributed by atoms with van der Waals surface area (Å²) in [5.74, 6) is 0.599. The summed E-state index contributed by atoms with van der Waals surface area (Å²) in [4.78, 5) is 14.6. The van der Waals surface area contributed by atoms with Crippen molar-refractivity contribution in [3.05, 3.63) is 52.7 Å². The largest absolute Gasteiger partial charge is 0.493 e. The van der Waals surface area contributed by atoms with Crippen molar-refractivity contribution in [3.8, 4) is 17.0 Å². The van der Waals surface area contributed by atoms with Crippen LogP contribution in [-0.4, -0.2) is 16.5 Å². The van der Waals surface area contributed by atoms with Crippen LogP contribution in [0.5, 0.6) is 5.75 Å². The molecule has 1 aromatic carbocycles. The Bertz CT molecular complexity index is 555. The van der Waals surface area contributed by atoms with Gasteiger partial charge in [0.15, 0.2) is 0 Å². The molecule has 0 aliphatic heterocycles. The van der Waals surface area contributed by atoms with Gasteiger partial charge in [0, 0.05) is 23.9 Å². The number of rotatable bonds is 4. The van der Waals surface area contributed by atoms with Gasteiger partial charge in [-0.2, -0.15) is 0 Å². The highest BCUT2D eigenvalue weighted by Crippen LogP contribution is 2.32. The van der Waals surface area contributed by atoms with E-state index in [1.54, 1.807) is 24.4 Å². The van der Waals surface area contributed by atoms with E-state index in [0.717, 1.165) is 0 Å². The Morgan fingerprint density at radius 1 is 1.33 bits per heavy atom. The molecule has 5 heteroatoms. The summed E-state index contributed by atoms with van der Waals surface area (Å²) in [5.41, 5.74) is 1.32. The summed E-state index contributed by atoms with van der Waals surface area (Å²) in [6.07, 6.45) is 1.64. The van der Waals surface area contributed by atoms with Gasteiger partial charge in [-0.1, -0.05) is 6.07 Å². The van der Waals surface area contributed by atoms with Crippen LogP contribution in [0.2, 0.25) is 0 Å². The average Bonchev–Trinajstić information content (AvgIpc) is 2.40. The minimum Gasteiger partial charge on any atom is -0.493 e. The van der Waals surface area contributed by atoms with E-state index >= 15 is 0 Å². The fraction of sp³-hybridized carbons (Fsp3) is 0.154. The molecular formula is C13H12N2O3. The third-order valence-electron chi connectivity index (χ3n) is 2.41. The van der Waals surface area contributed by atoms with Crippen LogP contribution in [0, 0.1) is 10.1 Å². The van der Waals surface area contributed by atoms with Crippen molar-refractivity contribution in [2.45, 2.75) is 6.92 Å². The van der Waals surface area contributed by atoms with Gasteiger partial charge in [0.25, 0.3) is 5.69 Å². The molecule has 0 amide bonds. The quantitative estimate of drug-likeness (QED) is 0.612. The smallest absolute Gasteiger partial charge is 0.270 e. The summed E-state index contributed by atoms with van der Waals surface area (Å²) < 4.78 is 5.46. The minimum absolute atomic E-state index is 0.0270. The fourth-order valence-corrected chi connectivity index (χ4v) is 1.64. The molecule has 0 aliphatic carbocycles. The number of benzene rings is 1. The summed E-state index contributed by atoms with van der Waals surface area (Å²) in [5, 5.41) is 10.8. The average molecular weight is 244 g/mol. The Kier molecular flexibility index (Phi) is 3.52. The van der Waals surface area contributed by atoms with Crippen LogP contribution in [0.25, 0.3) is 11.3 Å². The normalized spacial score (nSPS) is 10.1. The van der Waals surface area contributed by atoms with E-state index in [2.05, 4.69) is 4.98 Å². The second-order valence-electron chi connectivity index (χ2n) is 3.59. The van der Waals surface area contributed by atoms with Crippen molar-refractivity contribution in [2.75, 3.05) is 6.61 Å². The monoisotopic (exact) mass is 244 g/mol. The van der Waals surface area contributed by atoms with Gasteiger partial charge in [-0.3, -0.25) is 15.1 Å². The van der Waals surface area contributed by atoms with E-state index in [1.807, 2.05) is 13.0 Å². The Balaban J connectivity index is 2.54. The molecule has 2 aromatic rings. The first kappa shape index (κ1) is 12.0. The lowest BCUT2D eigenvalue weighted by molar-refractivity contribution is -0.384. The lowest BCUT2D eigenvalue weighted by Crippen LogP contribution is -1.96. The maximum absolute atomic E-state index is 10.8. The molecule has 0 saturated carbocycles. The van der Waals surface area contributed by atoms with Crippen LogP contribution >= 0.6 is 0 Å². The molecular weight excluding hydrogens is 232 g/mol. The molecule has 0 bridgehead atoms. The van der Waals surface area contributed by atoms with Crippen LogP contribution in [0.4, 0.5) is 5.69 Å². The molecule has 0 fully saturated rings. The minimum atomic E-state index is -0.428. The number of nitro benzene ring substituents is 1. The van der Waals surface area contributed by atoms with Gasteiger partial charge in [-0.15, -0.1) is 0 Å². The first-order valence-corrected chi connectivity index (χ1v) is 5.55. The first-order chi connectivity index (χ1) is 8.72. The molecule has 0 N–H and O–H groups in total. The van der Waals surface area contributed by atoms with Gasteiger partial charge in [0.05, 0.1) is 17.2 Å². The SMILES string of the molecule is CCOc1ccc([N+](=O)[O-])cc1-c1ccccn1. The molecule has 0 saturated heterocycles. The number of ether oxygens (including phenoxy) is 1. The van der Waals surface area contributed by atoms with Gasteiger partial charge in [0.1, 0.15) is 5.75 Å². The maximum Gasteiger partial charge on any atom is 0.270 e. The van der Waals surface area contributed by atoms with Crippen molar-refractivity contribution in [1.82, 2.24) is 4.98 Å². The van der Waals surface area contributed by atoms with Crippen molar-refractivity contribution in [1.29, 1.82) is 0 Å². The standard InChI is InChI=1S/C13H12N2O3/c1-2-18-13-7-6-10(15(16)17)9-11(13)12-5-3-4-8-14-12/h3-9H,2H2,1H3. The number of aromatic nitrogens is 1. The molecule has 0 unspecified atom stereocenters. The van der Waals surface area contributed by atoms with E-state index in [-0.39, 0.29) is 5.69 Å². The Morgan fingerprint density at radius 3 is 2.78 bits per heavy atom. The summed E-state index contributed by atoms with van der Waals surface area (Å²) in [6.45, 7) is 2.36. The fourth-order valence-electron chi connectivity index (χ4n) is 1.64. The zero-order valence-corrected chi connectivity index (χ0v) is 9.87. The van der Waals surface area contributed by atoms with Crippen molar-refractivity contribution >= 4 is 5.69 Å². The molecule has 0 atom stereocenters. The van der Waals surface area contributed by atoms with Gasteiger partial charge < -0.3 is 4.74 Å². The second kappa shape index (κ2) is 5.27. The van der Waals surface area contributed by atoms with E-state index in [0.29, 0.717) is 23.6 Å². The zero-order valence-electron chi connectivity index (χ0n) is 9.87. The highest BCUT2D eigenvalue weighted by atomic mass is 16.6. The van der Waals surface area contributed by atoms with Crippen LogP contribution in [0.3, 0.4) is 0 Å². The van der Waals surface area contributed by atoms with Crippen molar-refractivity contribution in [2.24, 2.45) is 0 Å². The number of hydrogen-bond acceptors (Lipinski definition) is 4. The second-order valence-corrected chi connectivity index (χ2v) is 3.59. The molecule has 0 spiro atoms. The maximum atomic E-state index is 10.8. The first-order valence-electron chi connectivity index (χ1n) is 5.55. The lowest BCUT2D eigenvalue weighted by atomic mass is 10.1. The highest BCUT2D eigenvalue weighted by molar-refractivity contribution is 5.69. The Labute approximate surface area is 104 Å². The number of pyridine rings is 1. The predicted molar refractivity (Wildman–Crippen MR) is 67.5 cm³/mol. The lowest BCUT2D eigenvalue weighted by Gasteiger charge is -2.09. The van der Waals surface area contributed by atoms with Crippen LogP contribution in [0.1, 0.15) is 6.92 Å². The van der Waals surface area contributed by atoms with Crippen LogP contribution in [0.15, 0.2) is 42.6 Å². The van der Waals surface area contributed by atoms with E-state index in [1.165, 1.54) is 12.1 Å². The van der Waals surface area contributed by atoms with Crippen LogP contribution in [-0.2, 0) is 0 Å². The topological polar surface area (TPSA) is 65.3 Å². The molecule has 0 aliphatic rings. The molecule has 0 radical (unpaired) electrons. The van der Waals surface area contributed by atoms with E-state index in [4.69, 9.17) is 4.74 Å². The third kappa shape index (κ3) is 2.45. The summed E-state index contributed by atoms with van der Waals surface area (Å²) in [6, 6.07) is 9.93. The predicted octanol–water partition coefficient (Wildman–Crippen LogP) is 3.06. The molecule has 92 valence electrons. The molecule has 2 rings (SSSR count). The number of hydrogen-bond donors (Lipinski definition) is 0. The van der Waals surface area contributed by atoms with E-state index in [9.17, 15) is 10.1 Å². The third-order valence-corrected chi connectivity index (χ3v) is 2.41. The zero-order chi connectivity index (χ0) is 13.0.